The molecule has 2 aromatic heterocycles. The van der Waals surface area contributed by atoms with Gasteiger partial charge in [-0.2, -0.15) is 0 Å². The fourth-order valence-electron chi connectivity index (χ4n) is 2.93. The van der Waals surface area contributed by atoms with Crippen molar-refractivity contribution in [3.05, 3.63) is 45.2 Å². The van der Waals surface area contributed by atoms with Crippen LogP contribution in [-0.4, -0.2) is 56.3 Å². The normalized spacial score (nSPS) is 11.8. The molecule has 1 aromatic carbocycles. The molecule has 0 spiro atoms. The van der Waals surface area contributed by atoms with Crippen LogP contribution in [-0.2, 0) is 11.8 Å². The number of benzene rings is 1. The van der Waals surface area contributed by atoms with E-state index in [1.165, 1.54) is 16.7 Å². The van der Waals surface area contributed by atoms with Crippen molar-refractivity contribution in [2.45, 2.75) is 32.0 Å². The third-order valence-electron chi connectivity index (χ3n) is 4.65. The minimum absolute atomic E-state index is 0.118. The topological polar surface area (TPSA) is 102 Å². The van der Waals surface area contributed by atoms with Gasteiger partial charge in [0.1, 0.15) is 10.6 Å². The minimum Gasteiger partial charge on any atom is -0.482 e. The number of aryl methyl sites for hydroxylation is 2. The average molecular weight is 509 g/mol. The second-order valence-corrected chi connectivity index (χ2v) is 9.92. The molecule has 12 heteroatoms. The van der Waals surface area contributed by atoms with Crippen LogP contribution in [0.3, 0.4) is 0 Å². The number of amides is 2. The first kappa shape index (κ1) is 25.0. The third kappa shape index (κ3) is 6.04. The van der Waals surface area contributed by atoms with Gasteiger partial charge in [0, 0.05) is 26.2 Å². The van der Waals surface area contributed by atoms with Gasteiger partial charge in [-0.05, 0) is 44.5 Å². The highest BCUT2D eigenvalue weighted by Crippen LogP contribution is 2.28. The highest BCUT2D eigenvalue weighted by molar-refractivity contribution is 7.99. The summed E-state index contributed by atoms with van der Waals surface area (Å²) >= 11 is 8.42. The lowest BCUT2D eigenvalue weighted by Gasteiger charge is -2.16. The predicted molar refractivity (Wildman–Crippen MR) is 130 cm³/mol. The molecule has 0 aliphatic carbocycles. The number of ether oxygens (including phenoxy) is 1. The number of hydrogen-bond donors (Lipinski definition) is 1. The van der Waals surface area contributed by atoms with Crippen molar-refractivity contribution in [2.24, 2.45) is 7.05 Å². The zero-order chi connectivity index (χ0) is 24.3. The molecule has 9 nitrogen and oxygen atoms in total. The Morgan fingerprint density at radius 3 is 2.70 bits per heavy atom. The molecule has 0 radical (unpaired) electrons. The maximum atomic E-state index is 12.4. The van der Waals surface area contributed by atoms with Crippen LogP contribution in [0.4, 0.5) is 5.13 Å². The van der Waals surface area contributed by atoms with Crippen LogP contribution in [0.5, 0.6) is 5.75 Å². The van der Waals surface area contributed by atoms with E-state index in [2.05, 4.69) is 20.5 Å². The summed E-state index contributed by atoms with van der Waals surface area (Å²) in [6.45, 7) is 5.55. The van der Waals surface area contributed by atoms with Crippen molar-refractivity contribution < 1.29 is 14.3 Å². The van der Waals surface area contributed by atoms with Crippen molar-refractivity contribution in [1.82, 2.24) is 24.6 Å². The Bertz CT molecular complexity index is 1180. The Morgan fingerprint density at radius 2 is 2.03 bits per heavy atom. The molecule has 3 rings (SSSR count). The number of rotatable bonds is 8. The Hall–Kier alpha value is -2.63. The first-order valence-electron chi connectivity index (χ1n) is 10.0. The molecule has 3 aromatic rings. The predicted octanol–water partition coefficient (Wildman–Crippen LogP) is 4.11. The molecule has 1 N–H and O–H groups in total. The smallest absolute Gasteiger partial charge is 0.265 e. The first-order chi connectivity index (χ1) is 15.6. The molecule has 2 amide bonds. The summed E-state index contributed by atoms with van der Waals surface area (Å²) in [5.41, 5.74) is 1.51. The van der Waals surface area contributed by atoms with Crippen LogP contribution in [0.2, 0.25) is 5.02 Å². The van der Waals surface area contributed by atoms with Crippen LogP contribution in [0, 0.1) is 13.8 Å². The summed E-state index contributed by atoms with van der Waals surface area (Å²) in [5, 5.41) is 12.8. The number of carbonyl (C=O) groups is 2. The van der Waals surface area contributed by atoms with Crippen LogP contribution in [0.1, 0.15) is 39.8 Å². The lowest BCUT2D eigenvalue weighted by molar-refractivity contribution is -0.113. The van der Waals surface area contributed by atoms with Crippen LogP contribution in [0.25, 0.3) is 0 Å². The maximum absolute atomic E-state index is 12.4. The zero-order valence-corrected chi connectivity index (χ0v) is 21.6. The van der Waals surface area contributed by atoms with Crippen molar-refractivity contribution in [1.29, 1.82) is 0 Å². The van der Waals surface area contributed by atoms with Gasteiger partial charge in [0.05, 0.1) is 11.4 Å². The summed E-state index contributed by atoms with van der Waals surface area (Å²) < 4.78 is 7.83. The van der Waals surface area contributed by atoms with Gasteiger partial charge >= 0.3 is 0 Å². The highest BCUT2D eigenvalue weighted by atomic mass is 35.5. The first-order valence-corrected chi connectivity index (χ1v) is 12.2. The van der Waals surface area contributed by atoms with E-state index in [4.69, 9.17) is 16.3 Å². The Kier molecular flexibility index (Phi) is 7.98. The number of aromatic nitrogens is 4. The van der Waals surface area contributed by atoms with E-state index in [9.17, 15) is 9.59 Å². The molecule has 2 heterocycles. The Balaban J connectivity index is 1.59. The fraction of sp³-hybridized carbons (Fsp3) is 0.381. The molecular weight excluding hydrogens is 484 g/mol. The zero-order valence-electron chi connectivity index (χ0n) is 19.2. The molecule has 33 heavy (non-hydrogen) atoms. The van der Waals surface area contributed by atoms with Crippen molar-refractivity contribution in [3.8, 4) is 5.75 Å². The Labute approximate surface area is 205 Å². The van der Waals surface area contributed by atoms with Crippen molar-refractivity contribution in [2.75, 3.05) is 25.2 Å². The summed E-state index contributed by atoms with van der Waals surface area (Å²) in [7, 11) is 5.18. The summed E-state index contributed by atoms with van der Waals surface area (Å²) in [4.78, 5) is 30.8. The second-order valence-electron chi connectivity index (χ2n) is 7.54. The van der Waals surface area contributed by atoms with Gasteiger partial charge < -0.3 is 19.5 Å². The van der Waals surface area contributed by atoms with Crippen LogP contribution in [0.15, 0.2) is 23.4 Å². The van der Waals surface area contributed by atoms with Gasteiger partial charge in [-0.15, -0.1) is 10.2 Å². The van der Waals surface area contributed by atoms with Gasteiger partial charge in [0.2, 0.25) is 5.91 Å². The standard InChI is InChI=1S/C21H25ClN6O3S2/c1-11-9-14(22)7-8-15(11)31-13(3)18-25-26-21(28(18)6)32-10-16(29)24-20-23-12(2)17(33-20)19(30)27(4)5/h7-9,13H,10H2,1-6H3,(H,23,24,29). The van der Waals surface area contributed by atoms with E-state index in [0.717, 1.165) is 16.9 Å². The number of nitrogens with one attached hydrogen (secondary N) is 1. The number of hydrogen-bond acceptors (Lipinski definition) is 8. The monoisotopic (exact) mass is 508 g/mol. The summed E-state index contributed by atoms with van der Waals surface area (Å²) in [5.74, 6) is 1.08. The Morgan fingerprint density at radius 1 is 1.30 bits per heavy atom. The van der Waals surface area contributed by atoms with E-state index in [1.54, 1.807) is 31.7 Å². The van der Waals surface area contributed by atoms with E-state index in [0.29, 0.717) is 37.5 Å². The van der Waals surface area contributed by atoms with Crippen molar-refractivity contribution in [3.63, 3.8) is 0 Å². The van der Waals surface area contributed by atoms with Crippen molar-refractivity contribution >= 4 is 51.6 Å². The molecular formula is C21H25ClN6O3S2. The van der Waals surface area contributed by atoms with Gasteiger partial charge in [-0.3, -0.25) is 9.59 Å². The maximum Gasteiger partial charge on any atom is 0.265 e. The number of carbonyl (C=O) groups excluding carboxylic acids is 2. The lowest BCUT2D eigenvalue weighted by atomic mass is 10.2. The molecule has 0 fully saturated rings. The van der Waals surface area contributed by atoms with Gasteiger partial charge in [-0.1, -0.05) is 34.7 Å². The number of anilines is 1. The lowest BCUT2D eigenvalue weighted by Crippen LogP contribution is -2.21. The van der Waals surface area contributed by atoms with E-state index in [-0.39, 0.29) is 23.7 Å². The fourth-order valence-corrected chi connectivity index (χ4v) is 4.88. The van der Waals surface area contributed by atoms with E-state index < -0.39 is 0 Å². The molecule has 0 aliphatic rings. The van der Waals surface area contributed by atoms with E-state index >= 15 is 0 Å². The summed E-state index contributed by atoms with van der Waals surface area (Å²) in [6.07, 6.45) is -0.350. The molecule has 0 saturated carbocycles. The summed E-state index contributed by atoms with van der Waals surface area (Å²) in [6, 6.07) is 5.43. The average Bonchev–Trinajstić information content (AvgIpc) is 3.29. The molecule has 0 saturated heterocycles. The second kappa shape index (κ2) is 10.5. The van der Waals surface area contributed by atoms with Crippen LogP contribution >= 0.6 is 34.7 Å². The van der Waals surface area contributed by atoms with Gasteiger partial charge in [-0.25, -0.2) is 4.98 Å². The van der Waals surface area contributed by atoms with Gasteiger partial charge in [0.15, 0.2) is 22.2 Å². The van der Waals surface area contributed by atoms with E-state index in [1.807, 2.05) is 33.0 Å². The third-order valence-corrected chi connectivity index (χ3v) is 6.96. The highest BCUT2D eigenvalue weighted by Gasteiger charge is 2.20. The quantitative estimate of drug-likeness (QED) is 0.456. The molecule has 0 aliphatic heterocycles. The minimum atomic E-state index is -0.350. The number of nitrogens with zero attached hydrogens (tertiary/aromatic N) is 5. The molecule has 1 unspecified atom stereocenters. The van der Waals surface area contributed by atoms with Gasteiger partial charge in [0.25, 0.3) is 5.91 Å². The van der Waals surface area contributed by atoms with Crippen LogP contribution < -0.4 is 10.1 Å². The number of thiazole rings is 1. The number of halogens is 1. The molecule has 176 valence electrons. The number of thioether (sulfide) groups is 1. The SMILES string of the molecule is Cc1cc(Cl)ccc1OC(C)c1nnc(SCC(=O)Nc2nc(C)c(C(=O)N(C)C)s2)n1C. The largest absolute Gasteiger partial charge is 0.482 e. The molecule has 1 atom stereocenters. The molecule has 0 bridgehead atoms.